The summed E-state index contributed by atoms with van der Waals surface area (Å²) in [6, 6.07) is 19.6. The van der Waals surface area contributed by atoms with Crippen LogP contribution in [0.5, 0.6) is 11.5 Å². The van der Waals surface area contributed by atoms with Gasteiger partial charge < -0.3 is 9.47 Å². The quantitative estimate of drug-likeness (QED) is 0.630. The zero-order valence-electron chi connectivity index (χ0n) is 17.0. The van der Waals surface area contributed by atoms with Gasteiger partial charge in [-0.05, 0) is 30.2 Å². The van der Waals surface area contributed by atoms with Gasteiger partial charge in [-0.15, -0.1) is 0 Å². The summed E-state index contributed by atoms with van der Waals surface area (Å²) < 4.78 is 11.5. The first kappa shape index (κ1) is 18.4. The summed E-state index contributed by atoms with van der Waals surface area (Å²) in [6.45, 7) is 2.48. The van der Waals surface area contributed by atoms with Gasteiger partial charge in [0.2, 0.25) is 0 Å². The first-order chi connectivity index (χ1) is 14.6. The summed E-state index contributed by atoms with van der Waals surface area (Å²) in [5.41, 5.74) is 5.51. The van der Waals surface area contributed by atoms with Crippen LogP contribution in [0.2, 0.25) is 0 Å². The van der Waals surface area contributed by atoms with Crippen LogP contribution in [0.25, 0.3) is 0 Å². The lowest BCUT2D eigenvalue weighted by atomic mass is 10.1. The molecule has 2 aliphatic heterocycles. The molecule has 0 radical (unpaired) electrons. The molecular weight excluding hydrogens is 376 g/mol. The van der Waals surface area contributed by atoms with E-state index in [1.54, 1.807) is 19.2 Å². The number of aryl methyl sites for hydroxylation is 1. The maximum absolute atomic E-state index is 13.5. The molecule has 150 valence electrons. The third-order valence-corrected chi connectivity index (χ3v) is 5.61. The maximum atomic E-state index is 13.5. The highest BCUT2D eigenvalue weighted by atomic mass is 16.5. The van der Waals surface area contributed by atoms with Crippen LogP contribution in [-0.4, -0.2) is 25.3 Å². The number of carbonyl (C=O) groups excluding carboxylic acids is 1. The number of anilines is 1. The van der Waals surface area contributed by atoms with E-state index in [0.29, 0.717) is 29.4 Å². The van der Waals surface area contributed by atoms with Crippen molar-refractivity contribution in [3.8, 4) is 11.5 Å². The average Bonchev–Trinajstić information content (AvgIpc) is 3.07. The van der Waals surface area contributed by atoms with Crippen molar-refractivity contribution in [1.29, 1.82) is 0 Å². The number of ether oxygens (including phenoxy) is 2. The van der Waals surface area contributed by atoms with Crippen LogP contribution in [0.15, 0.2) is 65.7 Å². The Labute approximate surface area is 175 Å². The van der Waals surface area contributed by atoms with E-state index in [1.807, 2.05) is 53.6 Å². The number of carbonyl (C=O) groups is 1. The number of methoxy groups -OCH3 is 1. The number of rotatable bonds is 4. The lowest BCUT2D eigenvalue weighted by Gasteiger charge is -2.22. The molecule has 0 aromatic heterocycles. The highest BCUT2D eigenvalue weighted by Gasteiger charge is 2.36. The molecule has 5 nitrogen and oxygen atoms in total. The summed E-state index contributed by atoms with van der Waals surface area (Å²) >= 11 is 0. The molecule has 0 bridgehead atoms. The Morgan fingerprint density at radius 1 is 1.07 bits per heavy atom. The molecule has 0 aliphatic carbocycles. The average molecular weight is 398 g/mol. The van der Waals surface area contributed by atoms with Crippen molar-refractivity contribution >= 4 is 23.5 Å². The third-order valence-electron chi connectivity index (χ3n) is 5.61. The zero-order valence-corrected chi connectivity index (χ0v) is 17.0. The van der Waals surface area contributed by atoms with Crippen molar-refractivity contribution in [2.24, 2.45) is 4.99 Å². The Morgan fingerprint density at radius 2 is 1.90 bits per heavy atom. The van der Waals surface area contributed by atoms with E-state index in [0.717, 1.165) is 17.7 Å². The third kappa shape index (κ3) is 3.12. The number of aliphatic imine (C=N–C) groups is 1. The Balaban J connectivity index is 1.50. The van der Waals surface area contributed by atoms with Crippen LogP contribution in [0.4, 0.5) is 11.4 Å². The minimum atomic E-state index is -0.0821. The lowest BCUT2D eigenvalue weighted by Crippen LogP contribution is -2.37. The Kier molecular flexibility index (Phi) is 4.51. The first-order valence-electron chi connectivity index (χ1n) is 10.00. The van der Waals surface area contributed by atoms with Crippen LogP contribution in [0.1, 0.15) is 27.0 Å². The normalized spacial score (nSPS) is 16.5. The molecule has 0 N–H and O–H groups in total. The fraction of sp³-hybridized carbons (Fsp3) is 0.200. The van der Waals surface area contributed by atoms with E-state index >= 15 is 0 Å². The van der Waals surface area contributed by atoms with Crippen LogP contribution in [0.3, 0.4) is 0 Å². The summed E-state index contributed by atoms with van der Waals surface area (Å²) in [4.78, 5) is 20.0. The Morgan fingerprint density at radius 3 is 2.70 bits per heavy atom. The highest BCUT2D eigenvalue weighted by molar-refractivity contribution is 6.14. The maximum Gasteiger partial charge on any atom is 0.261 e. The van der Waals surface area contributed by atoms with E-state index in [1.165, 1.54) is 11.1 Å². The second kappa shape index (κ2) is 7.34. The molecule has 2 aliphatic rings. The SMILES string of the molecule is COc1cc2c(cc1OCc1ccccc1)N=C[C@@H]1Cc3cc(C)ccc3N1C2=O. The van der Waals surface area contributed by atoms with Crippen molar-refractivity contribution in [3.63, 3.8) is 0 Å². The van der Waals surface area contributed by atoms with Gasteiger partial charge in [-0.3, -0.25) is 14.7 Å². The number of nitrogens with zero attached hydrogens (tertiary/aromatic N) is 2. The number of hydrogen-bond acceptors (Lipinski definition) is 4. The molecule has 1 amide bonds. The molecule has 5 heteroatoms. The minimum Gasteiger partial charge on any atom is -0.493 e. The molecule has 1 atom stereocenters. The number of amides is 1. The van der Waals surface area contributed by atoms with Gasteiger partial charge >= 0.3 is 0 Å². The molecule has 5 rings (SSSR count). The van der Waals surface area contributed by atoms with E-state index in [2.05, 4.69) is 18.0 Å². The predicted molar refractivity (Wildman–Crippen MR) is 117 cm³/mol. The van der Waals surface area contributed by atoms with Crippen LogP contribution in [0, 0.1) is 6.92 Å². The van der Waals surface area contributed by atoms with Crippen molar-refractivity contribution in [2.75, 3.05) is 12.0 Å². The molecule has 0 fully saturated rings. The van der Waals surface area contributed by atoms with Crippen molar-refractivity contribution in [1.82, 2.24) is 0 Å². The first-order valence-corrected chi connectivity index (χ1v) is 10.00. The van der Waals surface area contributed by atoms with Gasteiger partial charge in [0.25, 0.3) is 5.91 Å². The minimum absolute atomic E-state index is 0.0667. The zero-order chi connectivity index (χ0) is 20.7. The summed E-state index contributed by atoms with van der Waals surface area (Å²) in [5.74, 6) is 1.03. The second-order valence-corrected chi connectivity index (χ2v) is 7.65. The number of fused-ring (bicyclic) bond motifs is 4. The second-order valence-electron chi connectivity index (χ2n) is 7.65. The molecule has 0 spiro atoms. The number of hydrogen-bond donors (Lipinski definition) is 0. The molecule has 3 aromatic carbocycles. The standard InChI is InChI=1S/C25H22N2O3/c1-16-8-9-22-18(10-16)11-19-14-26-21-13-24(30-15-17-6-4-3-5-7-17)23(29-2)12-20(21)25(28)27(19)22/h3-10,12-14,19H,11,15H2,1-2H3/t19-/m0/s1. The summed E-state index contributed by atoms with van der Waals surface area (Å²) in [7, 11) is 1.58. The predicted octanol–water partition coefficient (Wildman–Crippen LogP) is 4.87. The van der Waals surface area contributed by atoms with Gasteiger partial charge in [0.15, 0.2) is 11.5 Å². The van der Waals surface area contributed by atoms with Gasteiger partial charge in [0, 0.05) is 24.4 Å². The van der Waals surface area contributed by atoms with Crippen molar-refractivity contribution in [3.05, 3.63) is 82.9 Å². The smallest absolute Gasteiger partial charge is 0.261 e. The van der Waals surface area contributed by atoms with Crippen LogP contribution < -0.4 is 14.4 Å². The van der Waals surface area contributed by atoms with Crippen molar-refractivity contribution in [2.45, 2.75) is 26.0 Å². The molecule has 2 heterocycles. The Bertz CT molecular complexity index is 1150. The molecule has 0 saturated carbocycles. The molecule has 0 saturated heterocycles. The van der Waals surface area contributed by atoms with E-state index in [4.69, 9.17) is 9.47 Å². The summed E-state index contributed by atoms with van der Waals surface area (Å²) in [6.07, 6.45) is 2.64. The fourth-order valence-electron chi connectivity index (χ4n) is 4.12. The van der Waals surface area contributed by atoms with Gasteiger partial charge in [0.05, 0.1) is 24.4 Å². The topological polar surface area (TPSA) is 51.1 Å². The molecule has 0 unspecified atom stereocenters. The van der Waals surface area contributed by atoms with Gasteiger partial charge in [0.1, 0.15) is 6.61 Å². The lowest BCUT2D eigenvalue weighted by molar-refractivity contribution is 0.0986. The monoisotopic (exact) mass is 398 g/mol. The van der Waals surface area contributed by atoms with E-state index < -0.39 is 0 Å². The van der Waals surface area contributed by atoms with Crippen LogP contribution in [-0.2, 0) is 13.0 Å². The molecular formula is C25H22N2O3. The van der Waals surface area contributed by atoms with Crippen molar-refractivity contribution < 1.29 is 14.3 Å². The fourth-order valence-corrected chi connectivity index (χ4v) is 4.12. The van der Waals surface area contributed by atoms with E-state index in [9.17, 15) is 4.79 Å². The molecule has 30 heavy (non-hydrogen) atoms. The van der Waals surface area contributed by atoms with Crippen LogP contribution >= 0.6 is 0 Å². The molecule has 3 aromatic rings. The Hall–Kier alpha value is -3.60. The van der Waals surface area contributed by atoms with Gasteiger partial charge in [-0.1, -0.05) is 48.0 Å². The number of benzene rings is 3. The largest absolute Gasteiger partial charge is 0.493 e. The summed E-state index contributed by atoms with van der Waals surface area (Å²) in [5, 5.41) is 0. The van der Waals surface area contributed by atoms with E-state index in [-0.39, 0.29) is 11.9 Å². The van der Waals surface area contributed by atoms with Gasteiger partial charge in [-0.25, -0.2) is 0 Å². The van der Waals surface area contributed by atoms with Gasteiger partial charge in [-0.2, -0.15) is 0 Å². The highest BCUT2D eigenvalue weighted by Crippen LogP contribution is 2.41.